The SMILES string of the molecule is CCCC(=O)NCC1OC(OC2C(NC(=O)OC(C)(C)C)CC(NC(=O)OC(C)(C)C)C(OC3OC(CNC(=O)OC(C)(C)C)C(O)C(O)C3NC(=O)OC(C)(C)C)C2O)C(O)C(NC(=O)OC(C)(C)C)C1O. The van der Waals surface area contributed by atoms with Gasteiger partial charge in [0.2, 0.25) is 5.91 Å². The van der Waals surface area contributed by atoms with Crippen LogP contribution in [0.2, 0.25) is 0 Å². The molecule has 3 aliphatic rings. The Labute approximate surface area is 427 Å². The normalized spacial score (nSPS) is 31.2. The highest BCUT2D eigenvalue weighted by Crippen LogP contribution is 2.34. The minimum atomic E-state index is -2.07. The molecule has 26 nitrogen and oxygen atoms in total. The minimum absolute atomic E-state index is 0.118. The summed E-state index contributed by atoms with van der Waals surface area (Å²) in [6, 6.07) is -6.11. The predicted octanol–water partition coefficient (Wildman–Crippen LogP) is 1.43. The summed E-state index contributed by atoms with van der Waals surface area (Å²) in [4.78, 5) is 79.0. The first-order valence-electron chi connectivity index (χ1n) is 24.5. The quantitative estimate of drug-likeness (QED) is 0.110. The molecule has 1 saturated carbocycles. The summed E-state index contributed by atoms with van der Waals surface area (Å²) < 4.78 is 52.4. The second-order valence-corrected chi connectivity index (χ2v) is 23.3. The molecule has 2 heterocycles. The molecule has 0 aromatic carbocycles. The van der Waals surface area contributed by atoms with Crippen molar-refractivity contribution in [3.05, 3.63) is 0 Å². The maximum Gasteiger partial charge on any atom is 0.408 e. The first kappa shape index (κ1) is 62.8. The van der Waals surface area contributed by atoms with E-state index >= 15 is 0 Å². The summed E-state index contributed by atoms with van der Waals surface area (Å²) >= 11 is 0. The standard InChI is InChI=1S/C47H84N6O20/c1-17-18-26(54)48-20-24-29(55)27(52-41(63)72-46(11,12)13)32(58)37(66-24)68-35-23(51-40(62)71-45(8,9)10)19-22(50-39(61)70-44(5,6)7)34(33(35)59)67-36-28(53-42(64)73-47(14,15)16)31(57)30(56)25(65-36)21-49-38(60)69-43(2,3)4/h22-25,27-37,55-59H,17-21H2,1-16H3,(H,48,54)(H,49,60)(H,50,61)(H,51,62)(H,52,63)(H,53,64). The molecule has 1 aliphatic carbocycles. The molecule has 15 unspecified atom stereocenters. The number of aliphatic hydroxyl groups excluding tert-OH is 5. The van der Waals surface area contributed by atoms with Crippen LogP contribution in [0.4, 0.5) is 24.0 Å². The third kappa shape index (κ3) is 21.0. The molecule has 0 radical (unpaired) electrons. The molecule has 2 saturated heterocycles. The van der Waals surface area contributed by atoms with E-state index < -0.39 is 169 Å². The van der Waals surface area contributed by atoms with Crippen LogP contribution in [0.3, 0.4) is 0 Å². The number of hydrogen-bond acceptors (Lipinski definition) is 20. The maximum atomic E-state index is 13.6. The van der Waals surface area contributed by atoms with Gasteiger partial charge < -0.3 is 100 Å². The van der Waals surface area contributed by atoms with Crippen molar-refractivity contribution in [3.63, 3.8) is 0 Å². The van der Waals surface area contributed by atoms with Crippen molar-refractivity contribution < 1.29 is 96.9 Å². The van der Waals surface area contributed by atoms with Gasteiger partial charge in [0, 0.05) is 19.5 Å². The average molecular weight is 1050 g/mol. The summed E-state index contributed by atoms with van der Waals surface area (Å²) in [6.45, 7) is 24.8. The largest absolute Gasteiger partial charge is 0.444 e. The summed E-state index contributed by atoms with van der Waals surface area (Å²) in [5.41, 5.74) is -5.13. The maximum absolute atomic E-state index is 13.6. The lowest BCUT2D eigenvalue weighted by Crippen LogP contribution is -2.71. The van der Waals surface area contributed by atoms with Crippen LogP contribution in [-0.2, 0) is 47.4 Å². The van der Waals surface area contributed by atoms with Crippen LogP contribution in [0, 0.1) is 0 Å². The molecule has 73 heavy (non-hydrogen) atoms. The van der Waals surface area contributed by atoms with Crippen molar-refractivity contribution >= 4 is 36.4 Å². The van der Waals surface area contributed by atoms with Crippen LogP contribution in [0.5, 0.6) is 0 Å². The van der Waals surface area contributed by atoms with E-state index in [-0.39, 0.29) is 13.0 Å². The zero-order valence-corrected chi connectivity index (χ0v) is 45.1. The molecule has 3 fully saturated rings. The van der Waals surface area contributed by atoms with Gasteiger partial charge in [0.25, 0.3) is 0 Å². The van der Waals surface area contributed by atoms with Gasteiger partial charge in [-0.25, -0.2) is 24.0 Å². The topological polar surface area (TPSA) is 359 Å². The summed E-state index contributed by atoms with van der Waals surface area (Å²) in [6.07, 6.45) is -24.6. The van der Waals surface area contributed by atoms with Gasteiger partial charge in [0.1, 0.15) is 89.0 Å². The van der Waals surface area contributed by atoms with Crippen LogP contribution >= 0.6 is 0 Å². The Bertz CT molecular complexity index is 1860. The van der Waals surface area contributed by atoms with Gasteiger partial charge in [0.05, 0.1) is 18.1 Å². The molecule has 0 bridgehead atoms. The van der Waals surface area contributed by atoms with E-state index in [1.807, 2.05) is 0 Å². The van der Waals surface area contributed by atoms with Gasteiger partial charge >= 0.3 is 30.5 Å². The highest BCUT2D eigenvalue weighted by molar-refractivity contribution is 5.75. The van der Waals surface area contributed by atoms with E-state index in [0.717, 1.165) is 0 Å². The number of nitrogens with one attached hydrogen (secondary N) is 6. The average Bonchev–Trinajstić information content (AvgIpc) is 3.18. The fourth-order valence-electron chi connectivity index (χ4n) is 7.74. The molecule has 3 rings (SSSR count). The third-order valence-corrected chi connectivity index (χ3v) is 10.6. The number of hydrogen-bond donors (Lipinski definition) is 11. The molecule has 0 aromatic heterocycles. The van der Waals surface area contributed by atoms with E-state index in [4.69, 9.17) is 42.6 Å². The molecule has 26 heteroatoms. The Balaban J connectivity index is 2.22. The van der Waals surface area contributed by atoms with Crippen molar-refractivity contribution in [1.82, 2.24) is 31.9 Å². The van der Waals surface area contributed by atoms with Crippen LogP contribution < -0.4 is 31.9 Å². The molecule has 0 spiro atoms. The molecule has 2 aliphatic heterocycles. The fraction of sp³-hybridized carbons (Fsp3) is 0.872. The zero-order chi connectivity index (χ0) is 55.8. The Morgan fingerprint density at radius 2 is 0.822 bits per heavy atom. The van der Waals surface area contributed by atoms with Crippen LogP contribution in [0.25, 0.3) is 0 Å². The lowest BCUT2D eigenvalue weighted by Gasteiger charge is -2.50. The molecule has 6 amide bonds. The molecule has 11 N–H and O–H groups in total. The summed E-state index contributed by atoms with van der Waals surface area (Å²) in [7, 11) is 0. The van der Waals surface area contributed by atoms with Crippen LogP contribution in [-0.4, -0.2) is 195 Å². The molecule has 0 aromatic rings. The number of alkyl carbamates (subject to hydrolysis) is 5. The summed E-state index contributed by atoms with van der Waals surface area (Å²) in [5.74, 6) is -0.406. The molecular formula is C47H84N6O20. The number of amides is 6. The number of aliphatic hydroxyl groups is 5. The van der Waals surface area contributed by atoms with Gasteiger partial charge in [0.15, 0.2) is 12.6 Å². The second-order valence-electron chi connectivity index (χ2n) is 23.3. The monoisotopic (exact) mass is 1050 g/mol. The Morgan fingerprint density at radius 3 is 1.26 bits per heavy atom. The zero-order valence-electron chi connectivity index (χ0n) is 45.1. The minimum Gasteiger partial charge on any atom is -0.444 e. The third-order valence-electron chi connectivity index (χ3n) is 10.6. The molecular weight excluding hydrogens is 969 g/mol. The smallest absolute Gasteiger partial charge is 0.408 e. The van der Waals surface area contributed by atoms with Crippen molar-refractivity contribution in [3.8, 4) is 0 Å². The molecule has 15 atom stereocenters. The Morgan fingerprint density at radius 1 is 0.452 bits per heavy atom. The van der Waals surface area contributed by atoms with E-state index in [2.05, 4.69) is 31.9 Å². The molecule has 422 valence electrons. The number of rotatable bonds is 14. The van der Waals surface area contributed by atoms with E-state index in [0.29, 0.717) is 6.42 Å². The van der Waals surface area contributed by atoms with Gasteiger partial charge in [-0.05, 0) is 117 Å². The Hall–Kier alpha value is -4.54. The lowest BCUT2D eigenvalue weighted by molar-refractivity contribution is -0.320. The van der Waals surface area contributed by atoms with Gasteiger partial charge in [-0.3, -0.25) is 4.79 Å². The van der Waals surface area contributed by atoms with Gasteiger partial charge in [-0.2, -0.15) is 0 Å². The van der Waals surface area contributed by atoms with E-state index in [1.165, 1.54) is 0 Å². The van der Waals surface area contributed by atoms with Gasteiger partial charge in [-0.1, -0.05) is 6.92 Å². The van der Waals surface area contributed by atoms with E-state index in [9.17, 15) is 54.3 Å². The lowest BCUT2D eigenvalue weighted by atomic mass is 9.83. The van der Waals surface area contributed by atoms with E-state index in [1.54, 1.807) is 111 Å². The van der Waals surface area contributed by atoms with Crippen LogP contribution in [0.15, 0.2) is 0 Å². The summed E-state index contributed by atoms with van der Waals surface area (Å²) in [5, 5.41) is 74.3. The van der Waals surface area contributed by atoms with Crippen molar-refractivity contribution in [2.75, 3.05) is 13.1 Å². The highest BCUT2D eigenvalue weighted by Gasteiger charge is 2.55. The van der Waals surface area contributed by atoms with Crippen molar-refractivity contribution in [2.45, 2.75) is 250 Å². The van der Waals surface area contributed by atoms with Crippen LogP contribution in [0.1, 0.15) is 130 Å². The Kier molecular flexibility index (Phi) is 21.8. The first-order chi connectivity index (χ1) is 33.3. The highest BCUT2D eigenvalue weighted by atomic mass is 16.7. The second kappa shape index (κ2) is 25.3. The number of carbonyl (C=O) groups excluding carboxylic acids is 6. The fourth-order valence-corrected chi connectivity index (χ4v) is 7.74. The van der Waals surface area contributed by atoms with Crippen molar-refractivity contribution in [1.29, 1.82) is 0 Å². The predicted molar refractivity (Wildman–Crippen MR) is 257 cm³/mol. The van der Waals surface area contributed by atoms with Crippen molar-refractivity contribution in [2.24, 2.45) is 0 Å². The number of ether oxygens (including phenoxy) is 9. The van der Waals surface area contributed by atoms with Gasteiger partial charge in [-0.15, -0.1) is 0 Å². The number of carbonyl (C=O) groups is 6. The first-order valence-corrected chi connectivity index (χ1v) is 24.5.